The van der Waals surface area contributed by atoms with Crippen molar-refractivity contribution < 1.29 is 9.53 Å². The summed E-state index contributed by atoms with van der Waals surface area (Å²) >= 11 is 0. The summed E-state index contributed by atoms with van der Waals surface area (Å²) < 4.78 is 7.32. The third-order valence-electron chi connectivity index (χ3n) is 6.05. The first-order chi connectivity index (χ1) is 14.1. The van der Waals surface area contributed by atoms with E-state index < -0.39 is 0 Å². The van der Waals surface area contributed by atoms with Crippen LogP contribution in [0.1, 0.15) is 31.2 Å². The van der Waals surface area contributed by atoms with Gasteiger partial charge in [0.2, 0.25) is 0 Å². The van der Waals surface area contributed by atoms with E-state index in [0.29, 0.717) is 12.3 Å². The maximum atomic E-state index is 12.5. The summed E-state index contributed by atoms with van der Waals surface area (Å²) in [5.41, 5.74) is 1.92. The highest BCUT2D eigenvalue weighted by atomic mass is 16.5. The molecule has 1 aliphatic carbocycles. The maximum absolute atomic E-state index is 12.5. The summed E-state index contributed by atoms with van der Waals surface area (Å²) in [6.07, 6.45) is 4.52. The molecule has 1 saturated carbocycles. The van der Waals surface area contributed by atoms with E-state index in [0.717, 1.165) is 23.7 Å². The monoisotopic (exact) mass is 390 g/mol. The predicted octanol–water partition coefficient (Wildman–Crippen LogP) is 3.55. The zero-order valence-electron chi connectivity index (χ0n) is 16.7. The van der Waals surface area contributed by atoms with Gasteiger partial charge >= 0.3 is 0 Å². The molecule has 29 heavy (non-hydrogen) atoms. The van der Waals surface area contributed by atoms with Gasteiger partial charge in [0, 0.05) is 30.5 Å². The van der Waals surface area contributed by atoms with Crippen LogP contribution in [0, 0.1) is 0 Å². The number of para-hydroxylation sites is 1. The number of nitrogens with one attached hydrogen (secondary N) is 1. The second-order valence-electron chi connectivity index (χ2n) is 7.84. The van der Waals surface area contributed by atoms with E-state index in [1.807, 2.05) is 30.3 Å². The van der Waals surface area contributed by atoms with Gasteiger partial charge in [0.25, 0.3) is 11.5 Å². The second-order valence-corrected chi connectivity index (χ2v) is 7.84. The molecule has 0 atom stereocenters. The Labute approximate surface area is 170 Å². The number of hydrogen-bond donors (Lipinski definition) is 1. The van der Waals surface area contributed by atoms with Crippen LogP contribution in [0.15, 0.2) is 65.5 Å². The number of amides is 1. The lowest BCUT2D eigenvalue weighted by Gasteiger charge is -2.30. The molecule has 1 fully saturated rings. The molecule has 5 nitrogen and oxygen atoms in total. The topological polar surface area (TPSA) is 60.3 Å². The van der Waals surface area contributed by atoms with Gasteiger partial charge in [-0.25, -0.2) is 0 Å². The van der Waals surface area contributed by atoms with Crippen LogP contribution < -0.4 is 15.6 Å². The summed E-state index contributed by atoms with van der Waals surface area (Å²) in [6.45, 7) is 0.499. The minimum absolute atomic E-state index is 0.00625. The van der Waals surface area contributed by atoms with Gasteiger partial charge in [0.15, 0.2) is 6.61 Å². The number of aryl methyl sites for hydroxylation is 1. The van der Waals surface area contributed by atoms with Crippen molar-refractivity contribution in [3.63, 3.8) is 0 Å². The molecular weight excluding hydrogens is 364 g/mol. The Morgan fingerprint density at radius 1 is 1.07 bits per heavy atom. The van der Waals surface area contributed by atoms with Crippen molar-refractivity contribution in [2.24, 2.45) is 7.05 Å². The zero-order valence-corrected chi connectivity index (χ0v) is 16.7. The van der Waals surface area contributed by atoms with Crippen molar-refractivity contribution in [3.8, 4) is 5.75 Å². The number of ether oxygens (including phenoxy) is 1. The predicted molar refractivity (Wildman–Crippen MR) is 114 cm³/mol. The van der Waals surface area contributed by atoms with Crippen LogP contribution in [-0.2, 0) is 17.3 Å². The molecule has 1 N–H and O–H groups in total. The summed E-state index contributed by atoms with van der Waals surface area (Å²) in [6, 6.07) is 19.4. The lowest BCUT2D eigenvalue weighted by atomic mass is 9.79. The molecule has 0 unspecified atom stereocenters. The van der Waals surface area contributed by atoms with Gasteiger partial charge in [-0.15, -0.1) is 0 Å². The second kappa shape index (κ2) is 8.11. The van der Waals surface area contributed by atoms with Crippen molar-refractivity contribution in [1.82, 2.24) is 9.88 Å². The number of aromatic nitrogens is 1. The van der Waals surface area contributed by atoms with Crippen LogP contribution in [0.3, 0.4) is 0 Å². The fourth-order valence-corrected chi connectivity index (χ4v) is 4.37. The lowest BCUT2D eigenvalue weighted by Crippen LogP contribution is -2.40. The summed E-state index contributed by atoms with van der Waals surface area (Å²) in [7, 11) is 1.73. The Hall–Kier alpha value is -3.08. The number of rotatable bonds is 6. The van der Waals surface area contributed by atoms with Crippen molar-refractivity contribution in [3.05, 3.63) is 76.6 Å². The van der Waals surface area contributed by atoms with Crippen LogP contribution in [0.25, 0.3) is 10.9 Å². The van der Waals surface area contributed by atoms with Gasteiger partial charge in [0.1, 0.15) is 5.75 Å². The van der Waals surface area contributed by atoms with E-state index in [-0.39, 0.29) is 23.5 Å². The van der Waals surface area contributed by atoms with Crippen molar-refractivity contribution in [1.29, 1.82) is 0 Å². The van der Waals surface area contributed by atoms with Gasteiger partial charge in [-0.3, -0.25) is 9.59 Å². The molecular formula is C24H26N2O3. The fraction of sp³-hybridized carbons (Fsp3) is 0.333. The summed E-state index contributed by atoms with van der Waals surface area (Å²) in [5, 5.41) is 3.88. The number of benzene rings is 2. The number of nitrogens with zero attached hydrogens (tertiary/aromatic N) is 1. The highest BCUT2D eigenvalue weighted by molar-refractivity contribution is 5.86. The van der Waals surface area contributed by atoms with Gasteiger partial charge in [-0.2, -0.15) is 0 Å². The Morgan fingerprint density at radius 3 is 2.52 bits per heavy atom. The first-order valence-corrected chi connectivity index (χ1v) is 10.1. The molecule has 0 saturated heterocycles. The molecule has 4 rings (SSSR count). The normalized spacial score (nSPS) is 15.3. The van der Waals surface area contributed by atoms with Crippen molar-refractivity contribution in [2.45, 2.75) is 31.1 Å². The molecule has 0 spiro atoms. The minimum atomic E-state index is -0.169. The van der Waals surface area contributed by atoms with Crippen molar-refractivity contribution in [2.75, 3.05) is 13.2 Å². The Bertz CT molecular complexity index is 1070. The average molecular weight is 390 g/mol. The molecule has 5 heteroatoms. The molecule has 0 radical (unpaired) electrons. The van der Waals surface area contributed by atoms with Crippen molar-refractivity contribution >= 4 is 16.8 Å². The third kappa shape index (κ3) is 3.90. The van der Waals surface area contributed by atoms with E-state index in [1.165, 1.54) is 24.5 Å². The van der Waals surface area contributed by atoms with Gasteiger partial charge in [0.05, 0.1) is 5.52 Å². The first-order valence-electron chi connectivity index (χ1n) is 10.1. The lowest BCUT2D eigenvalue weighted by molar-refractivity contribution is -0.123. The van der Waals surface area contributed by atoms with Crippen LogP contribution >= 0.6 is 0 Å². The van der Waals surface area contributed by atoms with Crippen LogP contribution in [0.2, 0.25) is 0 Å². The standard InChI is InChI=1S/C24H26N2O3/c1-26-20-12-6-5-11-19(20)21(15-23(26)28)29-16-22(27)25-17-24(13-7-8-14-24)18-9-3-2-4-10-18/h2-6,9-12,15H,7-8,13-14,16-17H2,1H3,(H,25,27). The quantitative estimate of drug-likeness (QED) is 0.700. The zero-order chi connectivity index (χ0) is 20.3. The minimum Gasteiger partial charge on any atom is -0.483 e. The molecule has 1 aromatic heterocycles. The smallest absolute Gasteiger partial charge is 0.257 e. The van der Waals surface area contributed by atoms with Gasteiger partial charge in [-0.05, 0) is 30.5 Å². The SMILES string of the molecule is Cn1c(=O)cc(OCC(=O)NCC2(c3ccccc3)CCCC2)c2ccccc21. The highest BCUT2D eigenvalue weighted by Crippen LogP contribution is 2.40. The summed E-state index contributed by atoms with van der Waals surface area (Å²) in [4.78, 5) is 24.7. The molecule has 2 aromatic carbocycles. The van der Waals surface area contributed by atoms with E-state index >= 15 is 0 Å². The van der Waals surface area contributed by atoms with E-state index in [9.17, 15) is 9.59 Å². The molecule has 0 aliphatic heterocycles. The van der Waals surface area contributed by atoms with Crippen LogP contribution in [0.4, 0.5) is 0 Å². The van der Waals surface area contributed by atoms with Crippen LogP contribution in [-0.4, -0.2) is 23.6 Å². The Kier molecular flexibility index (Phi) is 5.38. The molecule has 150 valence electrons. The average Bonchev–Trinajstić information content (AvgIpc) is 3.25. The largest absolute Gasteiger partial charge is 0.483 e. The maximum Gasteiger partial charge on any atom is 0.257 e. The van der Waals surface area contributed by atoms with E-state index in [2.05, 4.69) is 29.6 Å². The van der Waals surface area contributed by atoms with Gasteiger partial charge in [-0.1, -0.05) is 55.3 Å². The first kappa shape index (κ1) is 19.2. The van der Waals surface area contributed by atoms with E-state index in [4.69, 9.17) is 4.74 Å². The number of pyridine rings is 1. The molecule has 0 bridgehead atoms. The molecule has 3 aromatic rings. The fourth-order valence-electron chi connectivity index (χ4n) is 4.37. The number of fused-ring (bicyclic) bond motifs is 1. The Balaban J connectivity index is 1.44. The number of hydrogen-bond acceptors (Lipinski definition) is 3. The molecule has 1 aliphatic rings. The third-order valence-corrected chi connectivity index (χ3v) is 6.05. The number of carbonyl (C=O) groups is 1. The molecule has 1 amide bonds. The van der Waals surface area contributed by atoms with Crippen LogP contribution in [0.5, 0.6) is 5.75 Å². The highest BCUT2D eigenvalue weighted by Gasteiger charge is 2.35. The van der Waals surface area contributed by atoms with Gasteiger partial charge < -0.3 is 14.6 Å². The van der Waals surface area contributed by atoms with E-state index in [1.54, 1.807) is 11.6 Å². The summed E-state index contributed by atoms with van der Waals surface area (Å²) in [5.74, 6) is 0.273. The molecule has 1 heterocycles. The Morgan fingerprint density at radius 2 is 1.76 bits per heavy atom. The number of carbonyl (C=O) groups excluding carboxylic acids is 1.